The summed E-state index contributed by atoms with van der Waals surface area (Å²) in [4.78, 5) is 31.8. The molecular formula is C19H21ClN8O2. The van der Waals surface area contributed by atoms with E-state index >= 15 is 0 Å². The number of para-hydroxylation sites is 1. The predicted octanol–water partition coefficient (Wildman–Crippen LogP) is 2.54. The van der Waals surface area contributed by atoms with Crippen LogP contribution in [0.3, 0.4) is 0 Å². The summed E-state index contributed by atoms with van der Waals surface area (Å²) in [6.45, 7) is 7.02. The van der Waals surface area contributed by atoms with Crippen LogP contribution in [0.25, 0.3) is 0 Å². The summed E-state index contributed by atoms with van der Waals surface area (Å²) < 4.78 is 5.53. The number of carbonyl (C=O) groups excluding carboxylic acids is 1. The molecular weight excluding hydrogens is 408 g/mol. The van der Waals surface area contributed by atoms with Crippen molar-refractivity contribution in [3.8, 4) is 0 Å². The van der Waals surface area contributed by atoms with Crippen LogP contribution in [0.2, 0.25) is 5.02 Å². The average molecular weight is 429 g/mol. The molecule has 0 saturated carbocycles. The summed E-state index contributed by atoms with van der Waals surface area (Å²) in [7, 11) is 0. The maximum absolute atomic E-state index is 12.5. The van der Waals surface area contributed by atoms with Gasteiger partial charge in [-0.25, -0.2) is 4.98 Å². The van der Waals surface area contributed by atoms with E-state index in [-0.39, 0.29) is 11.8 Å². The molecule has 11 heteroatoms. The van der Waals surface area contributed by atoms with E-state index in [1.807, 2.05) is 19.1 Å². The Bertz CT molecular complexity index is 1040. The Balaban J connectivity index is 1.48. The van der Waals surface area contributed by atoms with Gasteiger partial charge < -0.3 is 20.0 Å². The first-order chi connectivity index (χ1) is 14.5. The van der Waals surface area contributed by atoms with Gasteiger partial charge in [-0.05, 0) is 25.5 Å². The van der Waals surface area contributed by atoms with E-state index in [0.717, 1.165) is 31.7 Å². The predicted molar refractivity (Wildman–Crippen MR) is 114 cm³/mol. The number of nitrogens with one attached hydrogen (secondary N) is 3. The van der Waals surface area contributed by atoms with E-state index in [9.17, 15) is 4.79 Å². The van der Waals surface area contributed by atoms with Crippen LogP contribution in [0.5, 0.6) is 0 Å². The highest BCUT2D eigenvalue weighted by Crippen LogP contribution is 2.26. The molecule has 10 nitrogen and oxygen atoms in total. The number of carbonyl (C=O) groups is 1. The molecule has 30 heavy (non-hydrogen) atoms. The zero-order valence-electron chi connectivity index (χ0n) is 16.6. The minimum Gasteiger partial charge on any atom is -0.418 e. The maximum Gasteiger partial charge on any atom is 0.302 e. The van der Waals surface area contributed by atoms with E-state index in [4.69, 9.17) is 16.0 Å². The van der Waals surface area contributed by atoms with Crippen LogP contribution in [-0.4, -0.2) is 52.0 Å². The quantitative estimate of drug-likeness (QED) is 0.562. The van der Waals surface area contributed by atoms with Gasteiger partial charge in [-0.2, -0.15) is 15.0 Å². The molecule has 0 aliphatic carbocycles. The second kappa shape index (κ2) is 8.64. The molecule has 1 aliphatic heterocycles. The van der Waals surface area contributed by atoms with Crippen LogP contribution >= 0.6 is 11.6 Å². The highest BCUT2D eigenvalue weighted by Gasteiger charge is 2.18. The lowest BCUT2D eigenvalue weighted by molar-refractivity contribution is 0.0997. The van der Waals surface area contributed by atoms with E-state index in [1.165, 1.54) is 6.20 Å². The molecule has 1 aromatic carbocycles. The number of amides is 1. The summed E-state index contributed by atoms with van der Waals surface area (Å²) in [5, 5.41) is 9.38. The minimum absolute atomic E-state index is 0.0323. The van der Waals surface area contributed by atoms with Crippen molar-refractivity contribution in [1.82, 2.24) is 25.3 Å². The average Bonchev–Trinajstić information content (AvgIpc) is 3.19. The normalized spacial score (nSPS) is 13.9. The first-order valence-electron chi connectivity index (χ1n) is 9.47. The molecule has 0 spiro atoms. The van der Waals surface area contributed by atoms with Gasteiger partial charge in [0.25, 0.3) is 5.91 Å². The highest BCUT2D eigenvalue weighted by molar-refractivity contribution is 6.34. The third-order valence-corrected chi connectivity index (χ3v) is 4.86. The number of aromatic nitrogens is 4. The number of oxazole rings is 1. The Morgan fingerprint density at radius 1 is 1.20 bits per heavy atom. The molecule has 0 atom stereocenters. The second-order valence-electron chi connectivity index (χ2n) is 6.78. The van der Waals surface area contributed by atoms with Crippen molar-refractivity contribution in [2.75, 3.05) is 41.7 Å². The van der Waals surface area contributed by atoms with Gasteiger partial charge in [-0.3, -0.25) is 10.1 Å². The largest absolute Gasteiger partial charge is 0.418 e. The number of aryl methyl sites for hydroxylation is 2. The summed E-state index contributed by atoms with van der Waals surface area (Å²) >= 11 is 6.16. The molecule has 3 heterocycles. The van der Waals surface area contributed by atoms with Gasteiger partial charge in [-0.1, -0.05) is 23.7 Å². The molecule has 0 radical (unpaired) electrons. The lowest BCUT2D eigenvalue weighted by atomic mass is 10.2. The topological polar surface area (TPSA) is 121 Å². The van der Waals surface area contributed by atoms with Crippen LogP contribution < -0.4 is 20.9 Å². The molecule has 0 bridgehead atoms. The molecule has 3 N–H and O–H groups in total. The fourth-order valence-electron chi connectivity index (χ4n) is 3.03. The van der Waals surface area contributed by atoms with Gasteiger partial charge in [0.05, 0.1) is 16.9 Å². The van der Waals surface area contributed by atoms with E-state index in [2.05, 4.69) is 40.8 Å². The van der Waals surface area contributed by atoms with Crippen LogP contribution in [0.15, 0.2) is 28.8 Å². The van der Waals surface area contributed by atoms with Crippen molar-refractivity contribution >= 4 is 41.1 Å². The van der Waals surface area contributed by atoms with Crippen molar-refractivity contribution < 1.29 is 9.21 Å². The van der Waals surface area contributed by atoms with Gasteiger partial charge in [-0.15, -0.1) is 0 Å². The Morgan fingerprint density at radius 2 is 2.00 bits per heavy atom. The number of anilines is 4. The SMILES string of the molecule is Cc1nc(Nc2ncc(C(=O)Nc3c(C)cccc3Cl)o2)nc(N2CCNCC2)n1. The minimum atomic E-state index is -0.458. The third-order valence-electron chi connectivity index (χ3n) is 4.54. The summed E-state index contributed by atoms with van der Waals surface area (Å²) in [6, 6.07) is 5.48. The van der Waals surface area contributed by atoms with Crippen molar-refractivity contribution in [1.29, 1.82) is 0 Å². The van der Waals surface area contributed by atoms with Crippen LogP contribution in [0.4, 0.5) is 23.6 Å². The van der Waals surface area contributed by atoms with E-state index in [0.29, 0.717) is 28.4 Å². The lowest BCUT2D eigenvalue weighted by Gasteiger charge is -2.27. The van der Waals surface area contributed by atoms with Crippen molar-refractivity contribution in [3.05, 3.63) is 46.6 Å². The van der Waals surface area contributed by atoms with Gasteiger partial charge >= 0.3 is 6.01 Å². The molecule has 1 fully saturated rings. The van der Waals surface area contributed by atoms with Gasteiger partial charge in [0, 0.05) is 26.2 Å². The van der Waals surface area contributed by atoms with Crippen LogP contribution in [0, 0.1) is 13.8 Å². The fourth-order valence-corrected chi connectivity index (χ4v) is 3.30. The molecule has 156 valence electrons. The number of halogens is 1. The van der Waals surface area contributed by atoms with Crippen molar-refractivity contribution in [3.63, 3.8) is 0 Å². The molecule has 1 aliphatic rings. The lowest BCUT2D eigenvalue weighted by Crippen LogP contribution is -2.44. The van der Waals surface area contributed by atoms with Crippen molar-refractivity contribution in [2.45, 2.75) is 13.8 Å². The number of rotatable bonds is 5. The number of hydrogen-bond donors (Lipinski definition) is 3. The molecule has 0 unspecified atom stereocenters. The number of hydrogen-bond acceptors (Lipinski definition) is 9. The zero-order valence-corrected chi connectivity index (χ0v) is 17.3. The molecule has 1 amide bonds. The Labute approximate surface area is 178 Å². The maximum atomic E-state index is 12.5. The standard InChI is InChI=1S/C19H21ClN8O2/c1-11-4-3-5-13(20)15(11)25-16(29)14-10-22-19(30-14)27-17-23-12(2)24-18(26-17)28-8-6-21-7-9-28/h3-5,10,21H,6-9H2,1-2H3,(H,25,29)(H,22,23,24,26,27). The highest BCUT2D eigenvalue weighted by atomic mass is 35.5. The Morgan fingerprint density at radius 3 is 2.77 bits per heavy atom. The fraction of sp³-hybridized carbons (Fsp3) is 0.316. The summed E-state index contributed by atoms with van der Waals surface area (Å²) in [5.74, 6) is 1.03. The van der Waals surface area contributed by atoms with E-state index < -0.39 is 5.91 Å². The molecule has 1 saturated heterocycles. The van der Waals surface area contributed by atoms with E-state index in [1.54, 1.807) is 13.0 Å². The Kier molecular flexibility index (Phi) is 5.77. The van der Waals surface area contributed by atoms with Gasteiger partial charge in [0.15, 0.2) is 0 Å². The zero-order chi connectivity index (χ0) is 21.1. The Hall–Kier alpha value is -3.24. The van der Waals surface area contributed by atoms with Crippen LogP contribution in [0.1, 0.15) is 21.9 Å². The number of benzene rings is 1. The first-order valence-corrected chi connectivity index (χ1v) is 9.85. The summed E-state index contributed by atoms with van der Waals surface area (Å²) in [6.07, 6.45) is 1.33. The third kappa shape index (κ3) is 4.50. The van der Waals surface area contributed by atoms with Gasteiger partial charge in [0.1, 0.15) is 5.82 Å². The molecule has 2 aromatic heterocycles. The molecule has 3 aromatic rings. The smallest absolute Gasteiger partial charge is 0.302 e. The van der Waals surface area contributed by atoms with Gasteiger partial charge in [0.2, 0.25) is 17.7 Å². The van der Waals surface area contributed by atoms with Crippen LogP contribution in [-0.2, 0) is 0 Å². The summed E-state index contributed by atoms with van der Waals surface area (Å²) in [5.41, 5.74) is 1.37. The number of piperazine rings is 1. The molecule has 4 rings (SSSR count). The second-order valence-corrected chi connectivity index (χ2v) is 7.19. The van der Waals surface area contributed by atoms with Crippen molar-refractivity contribution in [2.24, 2.45) is 0 Å². The monoisotopic (exact) mass is 428 g/mol. The first kappa shape index (κ1) is 20.0. The number of nitrogens with zero attached hydrogens (tertiary/aromatic N) is 5.